The van der Waals surface area contributed by atoms with Crippen molar-refractivity contribution >= 4 is 33.9 Å². The average Bonchev–Trinajstić information content (AvgIpc) is 3.00. The highest BCUT2D eigenvalue weighted by Gasteiger charge is 2.28. The second-order valence-corrected chi connectivity index (χ2v) is 6.61. The van der Waals surface area contributed by atoms with Crippen molar-refractivity contribution in [1.29, 1.82) is 0 Å². The zero-order valence-corrected chi connectivity index (χ0v) is 13.9. The molecular formula is C20H19N3O2. The Labute approximate surface area is 145 Å². The van der Waals surface area contributed by atoms with Gasteiger partial charge in [0.2, 0.25) is 0 Å². The van der Waals surface area contributed by atoms with Crippen molar-refractivity contribution in [3.63, 3.8) is 0 Å². The van der Waals surface area contributed by atoms with Crippen molar-refractivity contribution < 1.29 is 9.59 Å². The molecule has 0 unspecified atom stereocenters. The summed E-state index contributed by atoms with van der Waals surface area (Å²) in [6.07, 6.45) is 11.7. The Bertz CT molecular complexity index is 930. The van der Waals surface area contributed by atoms with E-state index in [1.807, 2.05) is 24.5 Å². The van der Waals surface area contributed by atoms with Gasteiger partial charge in [-0.1, -0.05) is 18.7 Å². The van der Waals surface area contributed by atoms with Crippen LogP contribution in [0.25, 0.3) is 16.6 Å². The lowest BCUT2D eigenvalue weighted by molar-refractivity contribution is -0.115. The first-order valence-electron chi connectivity index (χ1n) is 8.43. The van der Waals surface area contributed by atoms with Gasteiger partial charge in [-0.3, -0.25) is 9.59 Å². The van der Waals surface area contributed by atoms with Gasteiger partial charge in [0, 0.05) is 49.0 Å². The molecule has 3 heterocycles. The normalized spacial score (nSPS) is 17.5. The third kappa shape index (κ3) is 2.93. The Morgan fingerprint density at radius 1 is 1.44 bits per heavy atom. The Kier molecular flexibility index (Phi) is 3.84. The Morgan fingerprint density at radius 3 is 3.04 bits per heavy atom. The standard InChI is InChI=1S/C20H19N3O2/c1-2-16(24)6-13-11-23(12-13)15-8-18-19(10-22-20(18)21-9-15)14-4-3-5-17(25)7-14/h2-4,7-10,13H,1,5-6,11-12H2,(H,21,22). The second-order valence-electron chi connectivity index (χ2n) is 6.61. The maximum Gasteiger partial charge on any atom is 0.160 e. The fraction of sp³-hybridized carbons (Fsp3) is 0.250. The number of fused-ring (bicyclic) bond motifs is 1. The van der Waals surface area contributed by atoms with Crippen molar-refractivity contribution in [2.45, 2.75) is 12.8 Å². The fourth-order valence-electron chi connectivity index (χ4n) is 3.43. The number of H-pyrrole nitrogens is 1. The van der Waals surface area contributed by atoms with Crippen LogP contribution in [-0.4, -0.2) is 34.6 Å². The number of aromatic amines is 1. The number of hydrogen-bond acceptors (Lipinski definition) is 4. The van der Waals surface area contributed by atoms with Gasteiger partial charge in [0.1, 0.15) is 5.65 Å². The topological polar surface area (TPSA) is 66.1 Å². The molecule has 1 aliphatic heterocycles. The second kappa shape index (κ2) is 6.16. The third-order valence-corrected chi connectivity index (χ3v) is 4.80. The van der Waals surface area contributed by atoms with Crippen LogP contribution in [0.1, 0.15) is 18.4 Å². The molecule has 0 bridgehead atoms. The molecular weight excluding hydrogens is 314 g/mol. The lowest BCUT2D eigenvalue weighted by Crippen LogP contribution is -2.47. The molecule has 1 aliphatic carbocycles. The van der Waals surface area contributed by atoms with Crippen LogP contribution in [0.4, 0.5) is 5.69 Å². The predicted molar refractivity (Wildman–Crippen MR) is 98.4 cm³/mol. The molecule has 5 heteroatoms. The number of nitrogens with one attached hydrogen (secondary N) is 1. The molecule has 25 heavy (non-hydrogen) atoms. The minimum atomic E-state index is 0.104. The zero-order valence-electron chi connectivity index (χ0n) is 13.9. The summed E-state index contributed by atoms with van der Waals surface area (Å²) < 4.78 is 0. The molecule has 126 valence electrons. The first kappa shape index (κ1) is 15.6. The summed E-state index contributed by atoms with van der Waals surface area (Å²) in [5.41, 5.74) is 3.76. The molecule has 0 aromatic carbocycles. The van der Waals surface area contributed by atoms with E-state index in [9.17, 15) is 9.59 Å². The van der Waals surface area contributed by atoms with Gasteiger partial charge in [-0.2, -0.15) is 0 Å². The Balaban J connectivity index is 1.58. The summed E-state index contributed by atoms with van der Waals surface area (Å²) in [5.74, 6) is 0.605. The highest BCUT2D eigenvalue weighted by Crippen LogP contribution is 2.32. The van der Waals surface area contributed by atoms with E-state index in [0.717, 1.165) is 40.9 Å². The Morgan fingerprint density at radius 2 is 2.28 bits per heavy atom. The average molecular weight is 333 g/mol. The zero-order chi connectivity index (χ0) is 17.4. The monoisotopic (exact) mass is 333 g/mol. The number of aromatic nitrogens is 2. The first-order chi connectivity index (χ1) is 12.1. The molecule has 5 nitrogen and oxygen atoms in total. The summed E-state index contributed by atoms with van der Waals surface area (Å²) in [4.78, 5) is 33.0. The maximum atomic E-state index is 11.7. The smallest absolute Gasteiger partial charge is 0.160 e. The Hall–Kier alpha value is -2.95. The molecule has 1 fully saturated rings. The largest absolute Gasteiger partial charge is 0.370 e. The minimum absolute atomic E-state index is 0.104. The van der Waals surface area contributed by atoms with Crippen molar-refractivity contribution in [3.05, 3.63) is 54.9 Å². The molecule has 0 radical (unpaired) electrons. The van der Waals surface area contributed by atoms with E-state index < -0.39 is 0 Å². The first-order valence-corrected chi connectivity index (χ1v) is 8.43. The van der Waals surface area contributed by atoms with Gasteiger partial charge in [0.15, 0.2) is 11.6 Å². The molecule has 0 spiro atoms. The lowest BCUT2D eigenvalue weighted by atomic mass is 9.93. The van der Waals surface area contributed by atoms with E-state index >= 15 is 0 Å². The van der Waals surface area contributed by atoms with Gasteiger partial charge in [-0.25, -0.2) is 4.98 Å². The summed E-state index contributed by atoms with van der Waals surface area (Å²) >= 11 is 0. The molecule has 1 N–H and O–H groups in total. The lowest BCUT2D eigenvalue weighted by Gasteiger charge is -2.40. The summed E-state index contributed by atoms with van der Waals surface area (Å²) in [5, 5.41) is 1.01. The summed E-state index contributed by atoms with van der Waals surface area (Å²) in [7, 11) is 0. The van der Waals surface area contributed by atoms with Crippen LogP contribution >= 0.6 is 0 Å². The van der Waals surface area contributed by atoms with Crippen LogP contribution < -0.4 is 4.90 Å². The number of hydrogen-bond donors (Lipinski definition) is 1. The van der Waals surface area contributed by atoms with Gasteiger partial charge in [-0.15, -0.1) is 0 Å². The number of ketones is 2. The third-order valence-electron chi connectivity index (χ3n) is 4.80. The van der Waals surface area contributed by atoms with Gasteiger partial charge in [0.25, 0.3) is 0 Å². The molecule has 4 rings (SSSR count). The van der Waals surface area contributed by atoms with E-state index in [-0.39, 0.29) is 11.6 Å². The van der Waals surface area contributed by atoms with Crippen LogP contribution in [0.2, 0.25) is 0 Å². The van der Waals surface area contributed by atoms with Crippen LogP contribution in [-0.2, 0) is 9.59 Å². The van der Waals surface area contributed by atoms with Crippen LogP contribution in [0.15, 0.2) is 49.3 Å². The van der Waals surface area contributed by atoms with Crippen molar-refractivity contribution in [3.8, 4) is 0 Å². The number of allylic oxidation sites excluding steroid dienone is 5. The van der Waals surface area contributed by atoms with Gasteiger partial charge >= 0.3 is 0 Å². The number of pyridine rings is 1. The van der Waals surface area contributed by atoms with Crippen LogP contribution in [0.3, 0.4) is 0 Å². The molecule has 2 aromatic heterocycles. The number of nitrogens with zero attached hydrogens (tertiary/aromatic N) is 2. The number of anilines is 1. The molecule has 2 aliphatic rings. The summed E-state index contributed by atoms with van der Waals surface area (Å²) in [6, 6.07) is 2.10. The van der Waals surface area contributed by atoms with E-state index in [0.29, 0.717) is 18.8 Å². The highest BCUT2D eigenvalue weighted by atomic mass is 16.1. The SMILES string of the molecule is C=CC(=O)CC1CN(c2cnc3[nH]cc(C4=CC(=O)CC=C4)c3c2)C1. The van der Waals surface area contributed by atoms with Gasteiger partial charge < -0.3 is 9.88 Å². The predicted octanol–water partition coefficient (Wildman–Crippen LogP) is 3.06. The van der Waals surface area contributed by atoms with Crippen molar-refractivity contribution in [2.24, 2.45) is 5.92 Å². The number of carbonyl (C=O) groups is 2. The number of rotatable bonds is 5. The van der Waals surface area contributed by atoms with Crippen LogP contribution in [0, 0.1) is 5.92 Å². The van der Waals surface area contributed by atoms with E-state index in [1.165, 1.54) is 6.08 Å². The van der Waals surface area contributed by atoms with Crippen LogP contribution in [0.5, 0.6) is 0 Å². The molecule has 2 aromatic rings. The highest BCUT2D eigenvalue weighted by molar-refractivity contribution is 6.05. The maximum absolute atomic E-state index is 11.7. The minimum Gasteiger partial charge on any atom is -0.370 e. The summed E-state index contributed by atoms with van der Waals surface area (Å²) in [6.45, 7) is 5.24. The quantitative estimate of drug-likeness (QED) is 0.854. The molecule has 0 atom stereocenters. The van der Waals surface area contributed by atoms with Crippen molar-refractivity contribution in [2.75, 3.05) is 18.0 Å². The molecule has 1 saturated heterocycles. The van der Waals surface area contributed by atoms with Crippen molar-refractivity contribution in [1.82, 2.24) is 9.97 Å². The van der Waals surface area contributed by atoms with E-state index in [2.05, 4.69) is 27.5 Å². The molecule has 0 amide bonds. The van der Waals surface area contributed by atoms with E-state index in [4.69, 9.17) is 0 Å². The number of carbonyl (C=O) groups excluding carboxylic acids is 2. The van der Waals surface area contributed by atoms with E-state index in [1.54, 1.807) is 6.08 Å². The van der Waals surface area contributed by atoms with Gasteiger partial charge in [0.05, 0.1) is 11.9 Å². The fourth-order valence-corrected chi connectivity index (χ4v) is 3.43. The van der Waals surface area contributed by atoms with Gasteiger partial charge in [-0.05, 0) is 23.8 Å². The molecule has 0 saturated carbocycles.